The van der Waals surface area contributed by atoms with Gasteiger partial charge in [0.25, 0.3) is 0 Å². The second-order valence-corrected chi connectivity index (χ2v) is 4.67. The minimum atomic E-state index is 0.853. The maximum atomic E-state index is 5.32. The van der Waals surface area contributed by atoms with Crippen LogP contribution >= 0.6 is 15.9 Å². The monoisotopic (exact) mass is 266 g/mol. The standard InChI is InChI=1S/C11H11BrN2O/c12-8-4-3-5-9-10(8)11(13-15-9)14-6-1-2-7-14/h3-5H,1-2,6-7H2. The average Bonchev–Trinajstić information content (AvgIpc) is 2.85. The van der Waals surface area contributed by atoms with Crippen molar-refractivity contribution in [1.29, 1.82) is 0 Å². The summed E-state index contributed by atoms with van der Waals surface area (Å²) in [7, 11) is 0. The predicted octanol–water partition coefficient (Wildman–Crippen LogP) is 3.19. The van der Waals surface area contributed by atoms with E-state index in [1.807, 2.05) is 18.2 Å². The van der Waals surface area contributed by atoms with Gasteiger partial charge in [-0.3, -0.25) is 0 Å². The summed E-state index contributed by atoms with van der Waals surface area (Å²) in [5, 5.41) is 5.26. The lowest BCUT2D eigenvalue weighted by molar-refractivity contribution is 0.456. The Morgan fingerprint density at radius 3 is 2.87 bits per heavy atom. The summed E-state index contributed by atoms with van der Waals surface area (Å²) < 4.78 is 6.38. The van der Waals surface area contributed by atoms with Crippen LogP contribution in [0.25, 0.3) is 11.0 Å². The quantitative estimate of drug-likeness (QED) is 0.794. The van der Waals surface area contributed by atoms with Crippen LogP contribution in [0, 0.1) is 0 Å². The number of benzene rings is 1. The minimum Gasteiger partial charge on any atom is -0.354 e. The molecule has 3 nitrogen and oxygen atoms in total. The zero-order chi connectivity index (χ0) is 10.3. The van der Waals surface area contributed by atoms with Crippen molar-refractivity contribution in [3.8, 4) is 0 Å². The molecule has 1 aliphatic heterocycles. The van der Waals surface area contributed by atoms with E-state index >= 15 is 0 Å². The fourth-order valence-electron chi connectivity index (χ4n) is 2.08. The van der Waals surface area contributed by atoms with Crippen molar-refractivity contribution >= 4 is 32.7 Å². The molecule has 0 N–H and O–H groups in total. The van der Waals surface area contributed by atoms with Crippen LogP contribution in [0.4, 0.5) is 5.82 Å². The molecule has 1 aromatic heterocycles. The van der Waals surface area contributed by atoms with Gasteiger partial charge >= 0.3 is 0 Å². The zero-order valence-electron chi connectivity index (χ0n) is 8.24. The molecule has 1 fully saturated rings. The van der Waals surface area contributed by atoms with E-state index in [0.717, 1.165) is 34.3 Å². The zero-order valence-corrected chi connectivity index (χ0v) is 9.83. The van der Waals surface area contributed by atoms with Crippen LogP contribution in [0.1, 0.15) is 12.8 Å². The van der Waals surface area contributed by atoms with Crippen LogP contribution in [-0.4, -0.2) is 18.2 Å². The van der Waals surface area contributed by atoms with E-state index in [9.17, 15) is 0 Å². The van der Waals surface area contributed by atoms with Gasteiger partial charge in [0.2, 0.25) is 0 Å². The third-order valence-electron chi connectivity index (χ3n) is 2.84. The predicted molar refractivity (Wildman–Crippen MR) is 63.2 cm³/mol. The lowest BCUT2D eigenvalue weighted by Crippen LogP contribution is -2.18. The summed E-state index contributed by atoms with van der Waals surface area (Å²) in [4.78, 5) is 2.29. The van der Waals surface area contributed by atoms with Crippen molar-refractivity contribution in [3.05, 3.63) is 22.7 Å². The van der Waals surface area contributed by atoms with Crippen LogP contribution in [0.15, 0.2) is 27.2 Å². The number of hydrogen-bond donors (Lipinski definition) is 0. The smallest absolute Gasteiger partial charge is 0.181 e. The molecule has 0 amide bonds. The molecule has 0 spiro atoms. The normalized spacial score (nSPS) is 16.5. The molecule has 0 unspecified atom stereocenters. The Labute approximate surface area is 96.2 Å². The van der Waals surface area contributed by atoms with Gasteiger partial charge in [-0.25, -0.2) is 0 Å². The highest BCUT2D eigenvalue weighted by Crippen LogP contribution is 2.33. The SMILES string of the molecule is Brc1cccc2onc(N3CCCC3)c12. The number of anilines is 1. The Hall–Kier alpha value is -1.03. The van der Waals surface area contributed by atoms with Crippen molar-refractivity contribution in [2.24, 2.45) is 0 Å². The van der Waals surface area contributed by atoms with E-state index < -0.39 is 0 Å². The maximum absolute atomic E-state index is 5.32. The van der Waals surface area contributed by atoms with Gasteiger partial charge in [0.15, 0.2) is 11.4 Å². The lowest BCUT2D eigenvalue weighted by atomic mass is 10.2. The summed E-state index contributed by atoms with van der Waals surface area (Å²) in [6, 6.07) is 5.94. The summed E-state index contributed by atoms with van der Waals surface area (Å²) in [6.45, 7) is 2.17. The van der Waals surface area contributed by atoms with Crippen molar-refractivity contribution < 1.29 is 4.52 Å². The lowest BCUT2D eigenvalue weighted by Gasteiger charge is -2.13. The van der Waals surface area contributed by atoms with Crippen LogP contribution < -0.4 is 4.90 Å². The second kappa shape index (κ2) is 3.52. The molecule has 4 heteroatoms. The van der Waals surface area contributed by atoms with Crippen molar-refractivity contribution in [2.75, 3.05) is 18.0 Å². The Morgan fingerprint density at radius 2 is 2.07 bits per heavy atom. The Kier molecular flexibility index (Phi) is 2.16. The van der Waals surface area contributed by atoms with E-state index in [1.165, 1.54) is 12.8 Å². The van der Waals surface area contributed by atoms with Gasteiger partial charge in [-0.15, -0.1) is 0 Å². The molecule has 1 aliphatic rings. The molecular weight excluding hydrogens is 256 g/mol. The molecule has 15 heavy (non-hydrogen) atoms. The van der Waals surface area contributed by atoms with Gasteiger partial charge < -0.3 is 9.42 Å². The first-order valence-corrected chi connectivity index (χ1v) is 5.94. The fourth-order valence-corrected chi connectivity index (χ4v) is 2.61. The van der Waals surface area contributed by atoms with Gasteiger partial charge in [-0.05, 0) is 40.9 Å². The van der Waals surface area contributed by atoms with Crippen molar-refractivity contribution in [3.63, 3.8) is 0 Å². The number of hydrogen-bond acceptors (Lipinski definition) is 3. The summed E-state index contributed by atoms with van der Waals surface area (Å²) >= 11 is 3.55. The third-order valence-corrected chi connectivity index (χ3v) is 3.50. The molecule has 0 aliphatic carbocycles. The highest BCUT2D eigenvalue weighted by Gasteiger charge is 2.20. The van der Waals surface area contributed by atoms with Crippen LogP contribution in [-0.2, 0) is 0 Å². The molecule has 0 bridgehead atoms. The second-order valence-electron chi connectivity index (χ2n) is 3.81. The average molecular weight is 267 g/mol. The first kappa shape index (κ1) is 9.21. The number of rotatable bonds is 1. The molecule has 2 aromatic rings. The summed E-state index contributed by atoms with van der Waals surface area (Å²) in [6.07, 6.45) is 2.50. The van der Waals surface area contributed by atoms with Crippen LogP contribution in [0.5, 0.6) is 0 Å². The molecule has 3 rings (SSSR count). The minimum absolute atomic E-state index is 0.853. The Bertz CT molecular complexity index is 488. The number of nitrogens with zero attached hydrogens (tertiary/aromatic N) is 2. The molecule has 1 saturated heterocycles. The van der Waals surface area contributed by atoms with Crippen LogP contribution in [0.2, 0.25) is 0 Å². The highest BCUT2D eigenvalue weighted by atomic mass is 79.9. The Morgan fingerprint density at radius 1 is 1.27 bits per heavy atom. The van der Waals surface area contributed by atoms with E-state index in [-0.39, 0.29) is 0 Å². The number of halogens is 1. The van der Waals surface area contributed by atoms with Gasteiger partial charge in [0.05, 0.1) is 5.39 Å². The molecule has 0 radical (unpaired) electrons. The topological polar surface area (TPSA) is 29.3 Å². The highest BCUT2D eigenvalue weighted by molar-refractivity contribution is 9.10. The first-order valence-electron chi connectivity index (χ1n) is 5.15. The molecule has 2 heterocycles. The fraction of sp³-hybridized carbons (Fsp3) is 0.364. The van der Waals surface area contributed by atoms with E-state index in [4.69, 9.17) is 4.52 Å². The summed E-state index contributed by atoms with van der Waals surface area (Å²) in [5.41, 5.74) is 0.853. The Balaban J connectivity index is 2.18. The van der Waals surface area contributed by atoms with Gasteiger partial charge in [-0.2, -0.15) is 0 Å². The van der Waals surface area contributed by atoms with E-state index in [2.05, 4.69) is 26.0 Å². The van der Waals surface area contributed by atoms with Crippen LogP contribution in [0.3, 0.4) is 0 Å². The van der Waals surface area contributed by atoms with Gasteiger partial charge in [0.1, 0.15) is 0 Å². The van der Waals surface area contributed by atoms with Crippen molar-refractivity contribution in [2.45, 2.75) is 12.8 Å². The molecule has 1 aromatic carbocycles. The molecule has 78 valence electrons. The largest absolute Gasteiger partial charge is 0.354 e. The van der Waals surface area contributed by atoms with E-state index in [1.54, 1.807) is 0 Å². The number of fused-ring (bicyclic) bond motifs is 1. The maximum Gasteiger partial charge on any atom is 0.181 e. The third kappa shape index (κ3) is 1.44. The molecule has 0 saturated carbocycles. The first-order chi connectivity index (χ1) is 7.36. The van der Waals surface area contributed by atoms with Gasteiger partial charge in [0, 0.05) is 17.6 Å². The number of aromatic nitrogens is 1. The van der Waals surface area contributed by atoms with E-state index in [0.29, 0.717) is 0 Å². The van der Waals surface area contributed by atoms with Crippen molar-refractivity contribution in [1.82, 2.24) is 5.16 Å². The summed E-state index contributed by atoms with van der Waals surface area (Å²) in [5.74, 6) is 0.981. The molecule has 0 atom stereocenters. The van der Waals surface area contributed by atoms with Gasteiger partial charge in [-0.1, -0.05) is 11.2 Å². The molecular formula is C11H11BrN2O.